The molecule has 1 aromatic carbocycles. The Morgan fingerprint density at radius 1 is 1.19 bits per heavy atom. The first kappa shape index (κ1) is 19.8. The second-order valence-corrected chi connectivity index (χ2v) is 8.89. The molecule has 1 aliphatic carbocycles. The molecule has 6 heteroatoms. The minimum absolute atomic E-state index is 0.0247. The summed E-state index contributed by atoms with van der Waals surface area (Å²) in [5.41, 5.74) is 7.73. The second kappa shape index (κ2) is 7.84. The number of nitrogens with one attached hydrogen (secondary N) is 1. The maximum absolute atomic E-state index is 11.9. The fraction of sp³-hybridized carbons (Fsp3) is 0.400. The summed E-state index contributed by atoms with van der Waals surface area (Å²) in [4.78, 5) is 21.0. The van der Waals surface area contributed by atoms with E-state index < -0.39 is 0 Å². The van der Waals surface area contributed by atoms with Gasteiger partial charge in [-0.2, -0.15) is 5.10 Å². The summed E-state index contributed by atoms with van der Waals surface area (Å²) in [6.45, 7) is 11.4. The third kappa shape index (κ3) is 3.40. The van der Waals surface area contributed by atoms with E-state index in [-0.39, 0.29) is 5.91 Å². The van der Waals surface area contributed by atoms with Crippen molar-refractivity contribution in [3.8, 4) is 0 Å². The van der Waals surface area contributed by atoms with Gasteiger partial charge in [0.05, 0.1) is 11.7 Å². The number of piperazine rings is 1. The third-order valence-corrected chi connectivity index (χ3v) is 7.11. The Morgan fingerprint density at radius 3 is 2.77 bits per heavy atom. The summed E-state index contributed by atoms with van der Waals surface area (Å²) in [5.74, 6) is 0.966. The van der Waals surface area contributed by atoms with Gasteiger partial charge in [0.25, 0.3) is 0 Å². The zero-order valence-corrected chi connectivity index (χ0v) is 18.3. The normalized spacial score (nSPS) is 21.2. The number of anilines is 1. The fourth-order valence-corrected chi connectivity index (χ4v) is 5.42. The number of amides is 1. The lowest BCUT2D eigenvalue weighted by Crippen LogP contribution is -2.48. The number of hydrogen-bond acceptors (Lipinski definition) is 4. The van der Waals surface area contributed by atoms with Gasteiger partial charge < -0.3 is 9.80 Å². The summed E-state index contributed by atoms with van der Waals surface area (Å²) >= 11 is 0. The van der Waals surface area contributed by atoms with Gasteiger partial charge in [0.1, 0.15) is 0 Å². The molecule has 2 aliphatic rings. The van der Waals surface area contributed by atoms with Crippen molar-refractivity contribution in [2.75, 3.05) is 31.1 Å². The van der Waals surface area contributed by atoms with Gasteiger partial charge >= 0.3 is 0 Å². The van der Waals surface area contributed by atoms with Crippen LogP contribution in [0.2, 0.25) is 0 Å². The van der Waals surface area contributed by atoms with Gasteiger partial charge in [0.2, 0.25) is 5.91 Å². The highest BCUT2D eigenvalue weighted by molar-refractivity contribution is 5.87. The topological polar surface area (TPSA) is 65.1 Å². The van der Waals surface area contributed by atoms with Crippen LogP contribution in [0.4, 0.5) is 5.69 Å². The summed E-state index contributed by atoms with van der Waals surface area (Å²) in [5, 5.41) is 8.64. The van der Waals surface area contributed by atoms with Gasteiger partial charge in [-0.15, -0.1) is 0 Å². The lowest BCUT2D eigenvalue weighted by Gasteiger charge is -2.39. The van der Waals surface area contributed by atoms with E-state index in [1.165, 1.54) is 39.5 Å². The van der Waals surface area contributed by atoms with E-state index in [2.05, 4.69) is 53.7 Å². The number of nitrogens with zero attached hydrogens (tertiary/aromatic N) is 4. The van der Waals surface area contributed by atoms with Crippen LogP contribution in [0.3, 0.4) is 0 Å². The van der Waals surface area contributed by atoms with Crippen LogP contribution >= 0.6 is 0 Å². The quantitative estimate of drug-likeness (QED) is 0.664. The minimum atomic E-state index is 0.0247. The standard InChI is InChI=1S/C25H29N5O/c1-4-24(31)30-11-9-29(10-12-30)23-7-8-26-22-14-18(17(3)13-19(22)23)25-16(2)5-6-21-20(25)15-27-28-21/h4-8,15,17-18H,1,9-14H2,2-3H3,(H,27,28)/t17-,18-/m1/s1. The van der Waals surface area contributed by atoms with Crippen molar-refractivity contribution in [3.63, 3.8) is 0 Å². The first-order valence-electron chi connectivity index (χ1n) is 11.1. The van der Waals surface area contributed by atoms with Crippen LogP contribution in [0.25, 0.3) is 10.9 Å². The Bertz CT molecular complexity index is 1140. The first-order chi connectivity index (χ1) is 15.1. The number of rotatable bonds is 3. The fourth-order valence-electron chi connectivity index (χ4n) is 5.42. The van der Waals surface area contributed by atoms with E-state index in [4.69, 9.17) is 4.98 Å². The summed E-state index contributed by atoms with van der Waals surface area (Å²) in [6, 6.07) is 6.47. The van der Waals surface area contributed by atoms with Crippen molar-refractivity contribution in [2.24, 2.45) is 5.92 Å². The van der Waals surface area contributed by atoms with Crippen molar-refractivity contribution in [2.45, 2.75) is 32.6 Å². The van der Waals surface area contributed by atoms with Crippen molar-refractivity contribution < 1.29 is 4.79 Å². The minimum Gasteiger partial charge on any atom is -0.368 e. The molecule has 6 nitrogen and oxygen atoms in total. The van der Waals surface area contributed by atoms with Gasteiger partial charge in [0, 0.05) is 49.1 Å². The van der Waals surface area contributed by atoms with Crippen molar-refractivity contribution >= 4 is 22.5 Å². The Balaban J connectivity index is 1.44. The van der Waals surface area contributed by atoms with Crippen LogP contribution in [0.1, 0.15) is 35.2 Å². The number of benzene rings is 1. The van der Waals surface area contributed by atoms with Crippen LogP contribution in [-0.4, -0.2) is 52.2 Å². The lowest BCUT2D eigenvalue weighted by atomic mass is 9.73. The molecule has 1 fully saturated rings. The number of carbonyl (C=O) groups excluding carboxylic acids is 1. The number of aromatic amines is 1. The monoisotopic (exact) mass is 415 g/mol. The smallest absolute Gasteiger partial charge is 0.246 e. The zero-order valence-electron chi connectivity index (χ0n) is 18.3. The Kier molecular flexibility index (Phi) is 5.00. The molecule has 0 spiro atoms. The number of hydrogen-bond donors (Lipinski definition) is 1. The van der Waals surface area contributed by atoms with Gasteiger partial charge in [-0.1, -0.05) is 19.6 Å². The summed E-state index contributed by atoms with van der Waals surface area (Å²) < 4.78 is 0. The third-order valence-electron chi connectivity index (χ3n) is 7.11. The van der Waals surface area contributed by atoms with E-state index in [9.17, 15) is 4.79 Å². The zero-order chi connectivity index (χ0) is 21.5. The Hall–Kier alpha value is -3.15. The number of aromatic nitrogens is 3. The highest BCUT2D eigenvalue weighted by Gasteiger charge is 2.32. The molecule has 3 aromatic rings. The second-order valence-electron chi connectivity index (χ2n) is 8.89. The van der Waals surface area contributed by atoms with Crippen LogP contribution in [-0.2, 0) is 17.6 Å². The highest BCUT2D eigenvalue weighted by atomic mass is 16.2. The molecule has 1 aliphatic heterocycles. The molecule has 0 radical (unpaired) electrons. The Labute approximate surface area is 183 Å². The molecule has 2 aromatic heterocycles. The average molecular weight is 416 g/mol. The molecule has 1 N–H and O–H groups in total. The number of aryl methyl sites for hydroxylation is 1. The molecule has 2 atom stereocenters. The molecular weight excluding hydrogens is 386 g/mol. The number of carbonyl (C=O) groups is 1. The molecule has 31 heavy (non-hydrogen) atoms. The first-order valence-corrected chi connectivity index (χ1v) is 11.1. The molecule has 3 heterocycles. The Morgan fingerprint density at radius 2 is 2.00 bits per heavy atom. The number of H-pyrrole nitrogens is 1. The van der Waals surface area contributed by atoms with Gasteiger partial charge in [-0.3, -0.25) is 14.9 Å². The average Bonchev–Trinajstić information content (AvgIpc) is 3.27. The molecule has 5 rings (SSSR count). The van der Waals surface area contributed by atoms with E-state index >= 15 is 0 Å². The van der Waals surface area contributed by atoms with Crippen molar-refractivity contribution in [1.29, 1.82) is 0 Å². The van der Waals surface area contributed by atoms with Crippen molar-refractivity contribution in [3.05, 3.63) is 65.6 Å². The van der Waals surface area contributed by atoms with Gasteiger partial charge in [-0.25, -0.2) is 0 Å². The maximum atomic E-state index is 11.9. The highest BCUT2D eigenvalue weighted by Crippen LogP contribution is 2.42. The van der Waals surface area contributed by atoms with Crippen LogP contribution < -0.4 is 4.90 Å². The predicted octanol–water partition coefficient (Wildman–Crippen LogP) is 3.62. The van der Waals surface area contributed by atoms with Crippen LogP contribution in [0, 0.1) is 12.8 Å². The molecular formula is C25H29N5O. The van der Waals surface area contributed by atoms with Gasteiger partial charge in [-0.05, 0) is 66.5 Å². The van der Waals surface area contributed by atoms with Crippen LogP contribution in [0.5, 0.6) is 0 Å². The van der Waals surface area contributed by atoms with E-state index in [1.807, 2.05) is 17.3 Å². The largest absolute Gasteiger partial charge is 0.368 e. The predicted molar refractivity (Wildman–Crippen MR) is 123 cm³/mol. The molecule has 1 saturated heterocycles. The van der Waals surface area contributed by atoms with E-state index in [0.29, 0.717) is 11.8 Å². The molecule has 0 saturated carbocycles. The molecule has 160 valence electrons. The lowest BCUT2D eigenvalue weighted by molar-refractivity contribution is -0.126. The van der Waals surface area contributed by atoms with Gasteiger partial charge in [0.15, 0.2) is 0 Å². The summed E-state index contributed by atoms with van der Waals surface area (Å²) in [7, 11) is 0. The van der Waals surface area contributed by atoms with Crippen molar-refractivity contribution in [1.82, 2.24) is 20.1 Å². The maximum Gasteiger partial charge on any atom is 0.246 e. The number of fused-ring (bicyclic) bond motifs is 2. The van der Waals surface area contributed by atoms with Crippen LogP contribution in [0.15, 0.2) is 43.2 Å². The molecule has 0 bridgehead atoms. The van der Waals surface area contributed by atoms with E-state index in [1.54, 1.807) is 0 Å². The SMILES string of the molecule is C=CC(=O)N1CCN(c2ccnc3c2C[C@@H](C)[C@H](c2c(C)ccc4[nH]ncc24)C3)CC1. The molecule has 1 amide bonds. The van der Waals surface area contributed by atoms with E-state index in [0.717, 1.165) is 44.5 Å². The number of pyridine rings is 1. The molecule has 0 unspecified atom stereocenters. The summed E-state index contributed by atoms with van der Waals surface area (Å²) in [6.07, 6.45) is 7.29.